The Morgan fingerprint density at radius 2 is 2.36 bits per heavy atom. The Morgan fingerprint density at radius 1 is 1.64 bits per heavy atom. The van der Waals surface area contributed by atoms with Crippen LogP contribution in [0.1, 0.15) is 20.3 Å². The van der Waals surface area contributed by atoms with Gasteiger partial charge in [0.2, 0.25) is 0 Å². The van der Waals surface area contributed by atoms with E-state index in [1.807, 2.05) is 13.0 Å². The van der Waals surface area contributed by atoms with E-state index in [9.17, 15) is 8.78 Å². The molecule has 0 aliphatic carbocycles. The molecule has 1 aliphatic rings. The van der Waals surface area contributed by atoms with Gasteiger partial charge in [-0.2, -0.15) is 0 Å². The number of nitrogens with zero attached hydrogens (tertiary/aromatic N) is 1. The average molecular weight is 203 g/mol. The van der Waals surface area contributed by atoms with Crippen LogP contribution < -0.4 is 0 Å². The van der Waals surface area contributed by atoms with E-state index >= 15 is 0 Å². The Morgan fingerprint density at radius 3 is 2.93 bits per heavy atom. The van der Waals surface area contributed by atoms with Crippen LogP contribution in [0.25, 0.3) is 0 Å². The Kier molecular flexibility index (Phi) is 3.61. The van der Waals surface area contributed by atoms with Crippen LogP contribution in [-0.2, 0) is 4.74 Å². The van der Waals surface area contributed by atoms with Crippen molar-refractivity contribution in [2.45, 2.75) is 26.2 Å². The topological polar surface area (TPSA) is 21.6 Å². The van der Waals surface area contributed by atoms with Gasteiger partial charge in [-0.1, -0.05) is 6.92 Å². The third-order valence-electron chi connectivity index (χ3n) is 1.98. The fourth-order valence-electron chi connectivity index (χ4n) is 1.15. The highest BCUT2D eigenvalue weighted by Crippen LogP contribution is 2.17. The van der Waals surface area contributed by atoms with E-state index in [0.29, 0.717) is 11.7 Å². The monoisotopic (exact) mass is 203 g/mol. The molecule has 0 saturated heterocycles. The molecule has 0 N–H and O–H groups in total. The maximum absolute atomic E-state index is 12.5. The van der Waals surface area contributed by atoms with Gasteiger partial charge in [0.25, 0.3) is 5.92 Å². The van der Waals surface area contributed by atoms with Crippen molar-refractivity contribution in [2.75, 3.05) is 13.2 Å². The Bertz CT molecular complexity index is 243. The Labute approximate surface area is 82.7 Å². The van der Waals surface area contributed by atoms with Crippen LogP contribution in [0, 0.1) is 5.92 Å². The summed E-state index contributed by atoms with van der Waals surface area (Å²) in [4.78, 5) is 4.05. The highest BCUT2D eigenvalue weighted by molar-refractivity contribution is 5.76. The predicted octanol–water partition coefficient (Wildman–Crippen LogP) is 2.65. The zero-order valence-electron chi connectivity index (χ0n) is 8.46. The van der Waals surface area contributed by atoms with Gasteiger partial charge in [0, 0.05) is 19.4 Å². The van der Waals surface area contributed by atoms with Crippen LogP contribution in [0.4, 0.5) is 8.78 Å². The molecule has 1 rings (SSSR count). The molecule has 14 heavy (non-hydrogen) atoms. The van der Waals surface area contributed by atoms with Crippen molar-refractivity contribution in [3.63, 3.8) is 0 Å². The molecule has 1 aliphatic heterocycles. The molecule has 0 saturated carbocycles. The molecule has 1 unspecified atom stereocenters. The molecule has 80 valence electrons. The smallest absolute Gasteiger partial charge is 0.278 e. The molecule has 4 heteroatoms. The van der Waals surface area contributed by atoms with E-state index in [4.69, 9.17) is 4.74 Å². The second-order valence-electron chi connectivity index (χ2n) is 3.59. The van der Waals surface area contributed by atoms with Crippen molar-refractivity contribution < 1.29 is 13.5 Å². The lowest BCUT2D eigenvalue weighted by Gasteiger charge is -2.17. The second kappa shape index (κ2) is 4.53. The molecule has 1 atom stereocenters. The summed E-state index contributed by atoms with van der Waals surface area (Å²) in [6.45, 7) is 3.02. The van der Waals surface area contributed by atoms with Crippen molar-refractivity contribution in [1.29, 1.82) is 0 Å². The largest absolute Gasteiger partial charge is 0.486 e. The minimum atomic E-state index is -2.78. The number of ether oxygens (including phenoxy) is 1. The molecular formula is C10H15F2NO. The van der Waals surface area contributed by atoms with E-state index in [1.165, 1.54) is 6.21 Å². The molecule has 2 nitrogen and oxygen atoms in total. The van der Waals surface area contributed by atoms with Crippen molar-refractivity contribution >= 4 is 6.21 Å². The quantitative estimate of drug-likeness (QED) is 0.688. The van der Waals surface area contributed by atoms with E-state index in [1.54, 1.807) is 0 Å². The maximum atomic E-state index is 12.5. The van der Waals surface area contributed by atoms with E-state index in [0.717, 1.165) is 19.9 Å². The summed E-state index contributed by atoms with van der Waals surface area (Å²) in [5.74, 6) is -2.00. The molecule has 0 fully saturated rings. The number of dihydropyridines is 1. The number of hydrogen-bond donors (Lipinski definition) is 0. The fourth-order valence-corrected chi connectivity index (χ4v) is 1.15. The lowest BCUT2D eigenvalue weighted by molar-refractivity contribution is -0.0405. The van der Waals surface area contributed by atoms with Crippen molar-refractivity contribution in [2.24, 2.45) is 10.9 Å². The standard InChI is InChI=1S/C10H15F2NO/c1-3-8-4-9(6-13-5-8)14-7-10(2,11)12/h4,6,8H,3,5,7H2,1-2H3. The van der Waals surface area contributed by atoms with Crippen LogP contribution >= 0.6 is 0 Å². The highest BCUT2D eigenvalue weighted by atomic mass is 19.3. The summed E-state index contributed by atoms with van der Waals surface area (Å²) in [5, 5.41) is 0. The first-order chi connectivity index (χ1) is 6.51. The number of alkyl halides is 2. The summed E-state index contributed by atoms with van der Waals surface area (Å²) >= 11 is 0. The van der Waals surface area contributed by atoms with Crippen LogP contribution in [0.2, 0.25) is 0 Å². The number of rotatable bonds is 4. The zero-order valence-corrected chi connectivity index (χ0v) is 8.46. The summed E-state index contributed by atoms with van der Waals surface area (Å²) < 4.78 is 29.9. The summed E-state index contributed by atoms with van der Waals surface area (Å²) in [6.07, 6.45) is 4.32. The molecule has 0 aromatic carbocycles. The Balaban J connectivity index is 2.44. The van der Waals surface area contributed by atoms with Crippen molar-refractivity contribution in [1.82, 2.24) is 0 Å². The minimum Gasteiger partial charge on any atom is -0.486 e. The van der Waals surface area contributed by atoms with E-state index in [2.05, 4.69) is 4.99 Å². The van der Waals surface area contributed by atoms with Gasteiger partial charge < -0.3 is 4.74 Å². The van der Waals surface area contributed by atoms with Crippen molar-refractivity contribution in [3.8, 4) is 0 Å². The third-order valence-corrected chi connectivity index (χ3v) is 1.98. The zero-order chi connectivity index (χ0) is 10.6. The number of allylic oxidation sites excluding steroid dienone is 1. The van der Waals surface area contributed by atoms with Gasteiger partial charge in [-0.05, 0) is 12.5 Å². The van der Waals surface area contributed by atoms with Gasteiger partial charge in [0.05, 0.1) is 6.21 Å². The normalized spacial score (nSPS) is 22.0. The highest BCUT2D eigenvalue weighted by Gasteiger charge is 2.22. The number of aliphatic imine (C=N–C) groups is 1. The van der Waals surface area contributed by atoms with Crippen LogP contribution in [-0.4, -0.2) is 25.3 Å². The van der Waals surface area contributed by atoms with Gasteiger partial charge in [-0.15, -0.1) is 0 Å². The predicted molar refractivity (Wildman–Crippen MR) is 51.8 cm³/mol. The Hall–Kier alpha value is -0.930. The van der Waals surface area contributed by atoms with Crippen LogP contribution in [0.15, 0.2) is 16.8 Å². The minimum absolute atomic E-state index is 0.320. The number of hydrogen-bond acceptors (Lipinski definition) is 2. The SMILES string of the molecule is CCC1C=C(OCC(C)(F)F)C=NC1. The first-order valence-electron chi connectivity index (χ1n) is 4.73. The summed E-state index contributed by atoms with van der Waals surface area (Å²) in [5.41, 5.74) is 0. The van der Waals surface area contributed by atoms with Crippen LogP contribution in [0.5, 0.6) is 0 Å². The van der Waals surface area contributed by atoms with E-state index in [-0.39, 0.29) is 0 Å². The molecule has 0 aromatic rings. The molecule has 0 bridgehead atoms. The molecule has 0 spiro atoms. The molecule has 1 heterocycles. The van der Waals surface area contributed by atoms with Gasteiger partial charge >= 0.3 is 0 Å². The average Bonchev–Trinajstić information content (AvgIpc) is 2.14. The lowest BCUT2D eigenvalue weighted by atomic mass is 10.0. The summed E-state index contributed by atoms with van der Waals surface area (Å²) in [6, 6.07) is 0. The number of halogens is 2. The molecule has 0 amide bonds. The molecular weight excluding hydrogens is 188 g/mol. The van der Waals surface area contributed by atoms with Gasteiger partial charge in [0.1, 0.15) is 5.76 Å². The van der Waals surface area contributed by atoms with Gasteiger partial charge in [0.15, 0.2) is 6.61 Å². The molecule has 0 aromatic heterocycles. The van der Waals surface area contributed by atoms with Crippen LogP contribution in [0.3, 0.4) is 0 Å². The second-order valence-corrected chi connectivity index (χ2v) is 3.59. The first kappa shape index (κ1) is 11.1. The maximum Gasteiger partial charge on any atom is 0.278 e. The fraction of sp³-hybridized carbons (Fsp3) is 0.700. The lowest BCUT2D eigenvalue weighted by Crippen LogP contribution is -2.20. The van der Waals surface area contributed by atoms with E-state index < -0.39 is 12.5 Å². The van der Waals surface area contributed by atoms with Gasteiger partial charge in [-0.25, -0.2) is 8.78 Å². The first-order valence-corrected chi connectivity index (χ1v) is 4.73. The third kappa shape index (κ3) is 3.85. The molecule has 0 radical (unpaired) electrons. The van der Waals surface area contributed by atoms with Crippen molar-refractivity contribution in [3.05, 3.63) is 11.8 Å². The summed E-state index contributed by atoms with van der Waals surface area (Å²) in [7, 11) is 0. The van der Waals surface area contributed by atoms with Gasteiger partial charge in [-0.3, -0.25) is 4.99 Å².